The molecule has 0 aromatic carbocycles. The van der Waals surface area contributed by atoms with Gasteiger partial charge in [-0.15, -0.1) is 0 Å². The molecule has 3 N–H and O–H groups in total. The Kier molecular flexibility index (Phi) is 5.44. The van der Waals surface area contributed by atoms with Crippen LogP contribution in [0, 0.1) is 0 Å². The van der Waals surface area contributed by atoms with Gasteiger partial charge in [0.05, 0.1) is 0 Å². The van der Waals surface area contributed by atoms with Gasteiger partial charge < -0.3 is 4.90 Å². The summed E-state index contributed by atoms with van der Waals surface area (Å²) in [6.07, 6.45) is 4.61. The van der Waals surface area contributed by atoms with Gasteiger partial charge in [-0.05, 0) is 41.0 Å². The Balaban J connectivity index is 2.04. The molecule has 0 radical (unpaired) electrons. The summed E-state index contributed by atoms with van der Waals surface area (Å²) in [7, 11) is 2.17. The van der Waals surface area contributed by atoms with Gasteiger partial charge in [-0.25, -0.2) is 0 Å². The summed E-state index contributed by atoms with van der Waals surface area (Å²) in [5, 5.41) is 0. The fourth-order valence-corrected chi connectivity index (χ4v) is 3.98. The van der Waals surface area contributed by atoms with Crippen LogP contribution in [0.2, 0.25) is 0 Å². The molecule has 2 rings (SSSR count). The van der Waals surface area contributed by atoms with Crippen molar-refractivity contribution in [3.8, 4) is 0 Å². The molecule has 0 bridgehead atoms. The van der Waals surface area contributed by atoms with Crippen LogP contribution >= 0.6 is 27.7 Å². The zero-order valence-corrected chi connectivity index (χ0v) is 12.9. The summed E-state index contributed by atoms with van der Waals surface area (Å²) in [6, 6.07) is 2.85. The highest BCUT2D eigenvalue weighted by Crippen LogP contribution is 2.20. The topological polar surface area (TPSA) is 54.2 Å². The largest absolute Gasteiger partial charge is 0.300 e. The zero-order chi connectivity index (χ0) is 13.0. The van der Waals surface area contributed by atoms with Crippen molar-refractivity contribution in [2.45, 2.75) is 18.5 Å². The summed E-state index contributed by atoms with van der Waals surface area (Å²) in [5.41, 5.74) is 4.18. The highest BCUT2D eigenvalue weighted by Gasteiger charge is 2.27. The molecular weight excluding hydrogens is 312 g/mol. The van der Waals surface area contributed by atoms with E-state index in [0.717, 1.165) is 23.2 Å². The Bertz CT molecular complexity index is 390. The summed E-state index contributed by atoms with van der Waals surface area (Å²) in [5.74, 6) is 8.08. The smallest absolute Gasteiger partial charge is 0.0414 e. The third kappa shape index (κ3) is 3.68. The van der Waals surface area contributed by atoms with Crippen LogP contribution in [-0.2, 0) is 6.42 Å². The van der Waals surface area contributed by atoms with E-state index in [1.807, 2.05) is 18.0 Å². The first-order valence-electron chi connectivity index (χ1n) is 6.04. The van der Waals surface area contributed by atoms with Crippen molar-refractivity contribution in [2.24, 2.45) is 5.84 Å². The van der Waals surface area contributed by atoms with Crippen LogP contribution in [0.5, 0.6) is 0 Å². The minimum atomic E-state index is 0.263. The van der Waals surface area contributed by atoms with E-state index in [1.165, 1.54) is 11.3 Å². The molecule has 18 heavy (non-hydrogen) atoms. The molecule has 1 aliphatic heterocycles. The molecule has 4 nitrogen and oxygen atoms in total. The lowest BCUT2D eigenvalue weighted by atomic mass is 10.0. The van der Waals surface area contributed by atoms with E-state index in [2.05, 4.69) is 44.4 Å². The average molecular weight is 331 g/mol. The summed E-state index contributed by atoms with van der Waals surface area (Å²) < 4.78 is 1.02. The van der Waals surface area contributed by atoms with Crippen molar-refractivity contribution in [3.05, 3.63) is 28.5 Å². The van der Waals surface area contributed by atoms with Crippen LogP contribution in [0.25, 0.3) is 0 Å². The zero-order valence-electron chi connectivity index (χ0n) is 10.5. The fourth-order valence-electron chi connectivity index (χ4n) is 2.26. The van der Waals surface area contributed by atoms with Gasteiger partial charge in [-0.2, -0.15) is 11.8 Å². The van der Waals surface area contributed by atoms with Crippen LogP contribution < -0.4 is 11.3 Å². The molecule has 0 aliphatic carbocycles. The number of hydrogen-bond acceptors (Lipinski definition) is 5. The predicted molar refractivity (Wildman–Crippen MR) is 80.5 cm³/mol. The van der Waals surface area contributed by atoms with Gasteiger partial charge in [-0.1, -0.05) is 0 Å². The molecule has 0 spiro atoms. The second-order valence-electron chi connectivity index (χ2n) is 4.61. The fraction of sp³-hybridized carbons (Fsp3) is 0.583. The van der Waals surface area contributed by atoms with E-state index < -0.39 is 0 Å². The van der Waals surface area contributed by atoms with Gasteiger partial charge in [-0.3, -0.25) is 16.3 Å². The normalized spacial score (nSPS) is 22.9. The minimum absolute atomic E-state index is 0.263. The van der Waals surface area contributed by atoms with Gasteiger partial charge in [0.1, 0.15) is 0 Å². The second kappa shape index (κ2) is 6.86. The maximum atomic E-state index is 5.73. The molecule has 1 aromatic heterocycles. The van der Waals surface area contributed by atoms with Crippen LogP contribution in [0.15, 0.2) is 22.9 Å². The van der Waals surface area contributed by atoms with Crippen LogP contribution in [0.1, 0.15) is 5.56 Å². The number of rotatable bonds is 4. The Morgan fingerprint density at radius 1 is 1.67 bits per heavy atom. The summed E-state index contributed by atoms with van der Waals surface area (Å²) in [6.45, 7) is 1.13. The number of nitrogens with zero attached hydrogens (tertiary/aromatic N) is 2. The van der Waals surface area contributed by atoms with Crippen LogP contribution in [0.3, 0.4) is 0 Å². The number of hydrogen-bond donors (Lipinski definition) is 2. The van der Waals surface area contributed by atoms with Gasteiger partial charge in [0, 0.05) is 47.0 Å². The first-order chi connectivity index (χ1) is 8.70. The number of thioether (sulfide) groups is 1. The molecule has 1 aliphatic rings. The van der Waals surface area contributed by atoms with Gasteiger partial charge in [0.2, 0.25) is 0 Å². The molecule has 100 valence electrons. The van der Waals surface area contributed by atoms with E-state index >= 15 is 0 Å². The number of halogens is 1. The van der Waals surface area contributed by atoms with Crippen molar-refractivity contribution < 1.29 is 0 Å². The molecule has 0 saturated carbocycles. The third-order valence-electron chi connectivity index (χ3n) is 3.34. The third-order valence-corrected chi connectivity index (χ3v) is 4.82. The molecule has 6 heteroatoms. The Hall–Kier alpha value is -0.140. The number of pyridine rings is 1. The molecule has 2 atom stereocenters. The highest BCUT2D eigenvalue weighted by atomic mass is 79.9. The van der Waals surface area contributed by atoms with Crippen molar-refractivity contribution >= 4 is 27.7 Å². The van der Waals surface area contributed by atoms with E-state index in [4.69, 9.17) is 5.84 Å². The van der Waals surface area contributed by atoms with Crippen LogP contribution in [0.4, 0.5) is 0 Å². The lowest BCUT2D eigenvalue weighted by Gasteiger charge is -2.37. The van der Waals surface area contributed by atoms with E-state index in [-0.39, 0.29) is 6.04 Å². The van der Waals surface area contributed by atoms with E-state index in [0.29, 0.717) is 6.04 Å². The number of likely N-dealkylation sites (N-methyl/N-ethyl adjacent to an activating group) is 1. The molecular formula is C12H19BrN4S. The van der Waals surface area contributed by atoms with E-state index in [1.54, 1.807) is 6.20 Å². The number of hydrazine groups is 1. The van der Waals surface area contributed by atoms with Gasteiger partial charge >= 0.3 is 0 Å². The SMILES string of the molecule is CN1CCSCC1C(Cc1cncc(Br)c1)NN. The lowest BCUT2D eigenvalue weighted by Crippen LogP contribution is -2.55. The Morgan fingerprint density at radius 2 is 2.50 bits per heavy atom. The monoisotopic (exact) mass is 330 g/mol. The molecule has 1 fully saturated rings. The van der Waals surface area contributed by atoms with E-state index in [9.17, 15) is 0 Å². The molecule has 0 amide bonds. The van der Waals surface area contributed by atoms with Crippen molar-refractivity contribution in [3.63, 3.8) is 0 Å². The molecule has 1 aromatic rings. The number of nitrogens with one attached hydrogen (secondary N) is 1. The average Bonchev–Trinajstić information content (AvgIpc) is 2.37. The molecule has 2 heterocycles. The summed E-state index contributed by atoms with van der Waals surface area (Å²) >= 11 is 5.46. The Labute approximate surface area is 121 Å². The molecule has 1 saturated heterocycles. The van der Waals surface area contributed by atoms with Crippen molar-refractivity contribution in [2.75, 3.05) is 25.1 Å². The van der Waals surface area contributed by atoms with Gasteiger partial charge in [0.15, 0.2) is 0 Å². The van der Waals surface area contributed by atoms with Gasteiger partial charge in [0.25, 0.3) is 0 Å². The van der Waals surface area contributed by atoms with Crippen molar-refractivity contribution in [1.82, 2.24) is 15.3 Å². The quantitative estimate of drug-likeness (QED) is 0.643. The first-order valence-corrected chi connectivity index (χ1v) is 7.99. The maximum Gasteiger partial charge on any atom is 0.0414 e. The minimum Gasteiger partial charge on any atom is -0.300 e. The van der Waals surface area contributed by atoms with Crippen LogP contribution in [-0.4, -0.2) is 47.1 Å². The first kappa shape index (κ1) is 14.3. The standard InChI is InChI=1S/C12H19BrN4S/c1-17-2-3-18-8-12(17)11(16-14)5-9-4-10(13)7-15-6-9/h4,6-7,11-12,16H,2-3,5,8,14H2,1H3. The second-order valence-corrected chi connectivity index (χ2v) is 6.68. The summed E-state index contributed by atoms with van der Waals surface area (Å²) in [4.78, 5) is 6.60. The lowest BCUT2D eigenvalue weighted by molar-refractivity contribution is 0.214. The molecule has 2 unspecified atom stereocenters. The number of aromatic nitrogens is 1. The maximum absolute atomic E-state index is 5.73. The Morgan fingerprint density at radius 3 is 3.17 bits per heavy atom. The predicted octanol–water partition coefficient (Wildman–Crippen LogP) is 1.27. The van der Waals surface area contributed by atoms with Crippen molar-refractivity contribution in [1.29, 1.82) is 0 Å². The number of nitrogens with two attached hydrogens (primary N) is 1. The highest BCUT2D eigenvalue weighted by molar-refractivity contribution is 9.10.